The van der Waals surface area contributed by atoms with Crippen molar-refractivity contribution in [3.8, 4) is 17.1 Å². The van der Waals surface area contributed by atoms with Crippen LogP contribution in [0, 0.1) is 11.7 Å². The van der Waals surface area contributed by atoms with Gasteiger partial charge in [0.1, 0.15) is 29.8 Å². The molecule has 6 heteroatoms. The van der Waals surface area contributed by atoms with Crippen LogP contribution < -0.4 is 10.1 Å². The van der Waals surface area contributed by atoms with Gasteiger partial charge in [-0.25, -0.2) is 4.39 Å². The number of aliphatic hydroxyl groups excluding tert-OH is 1. The molecule has 4 rings (SSSR count). The van der Waals surface area contributed by atoms with Crippen LogP contribution in [0.4, 0.5) is 4.39 Å². The Hall–Kier alpha value is -2.44. The summed E-state index contributed by atoms with van der Waals surface area (Å²) in [5, 5.41) is 18.2. The van der Waals surface area contributed by atoms with Gasteiger partial charge in [-0.3, -0.25) is 0 Å². The van der Waals surface area contributed by atoms with Crippen molar-refractivity contribution in [1.82, 2.24) is 10.5 Å². The van der Waals surface area contributed by atoms with E-state index in [1.54, 1.807) is 6.07 Å². The van der Waals surface area contributed by atoms with Crippen molar-refractivity contribution in [1.29, 1.82) is 0 Å². The lowest BCUT2D eigenvalue weighted by atomic mass is 9.89. The van der Waals surface area contributed by atoms with Gasteiger partial charge in [-0.2, -0.15) is 0 Å². The molecule has 3 aromatic rings. The van der Waals surface area contributed by atoms with E-state index in [0.717, 1.165) is 23.4 Å². The lowest BCUT2D eigenvalue weighted by molar-refractivity contribution is 0.105. The Morgan fingerprint density at radius 2 is 1.93 bits per heavy atom. The summed E-state index contributed by atoms with van der Waals surface area (Å²) in [6.45, 7) is 1.75. The highest BCUT2D eigenvalue weighted by molar-refractivity contribution is 5.91. The maximum atomic E-state index is 13.3. The predicted molar refractivity (Wildman–Crippen MR) is 110 cm³/mol. The zero-order valence-corrected chi connectivity index (χ0v) is 16.4. The number of hydrogen-bond acceptors (Lipinski definition) is 5. The van der Waals surface area contributed by atoms with Crippen LogP contribution in [0.2, 0.25) is 0 Å². The molecule has 0 bridgehead atoms. The second kappa shape index (κ2) is 9.37. The molecule has 154 valence electrons. The number of hydrogen-bond donors (Lipinski definition) is 2. The molecule has 1 aliphatic carbocycles. The Morgan fingerprint density at radius 3 is 2.72 bits per heavy atom. The van der Waals surface area contributed by atoms with Gasteiger partial charge in [0.2, 0.25) is 0 Å². The number of ether oxygens (including phenoxy) is 1. The lowest BCUT2D eigenvalue weighted by Crippen LogP contribution is -2.34. The van der Waals surface area contributed by atoms with Crippen molar-refractivity contribution >= 4 is 10.9 Å². The normalized spacial score (nSPS) is 16.2. The summed E-state index contributed by atoms with van der Waals surface area (Å²) in [6, 6.07) is 11.8. The molecule has 0 aliphatic heterocycles. The maximum Gasteiger partial charge on any atom is 0.174 e. The summed E-state index contributed by atoms with van der Waals surface area (Å²) in [4.78, 5) is 0. The molecular weight excluding hydrogens is 371 g/mol. The minimum atomic E-state index is -0.550. The van der Waals surface area contributed by atoms with E-state index in [2.05, 4.69) is 10.5 Å². The number of benzene rings is 2. The van der Waals surface area contributed by atoms with Crippen LogP contribution in [0.15, 0.2) is 47.0 Å². The predicted octanol–water partition coefficient (Wildman–Crippen LogP) is 4.54. The summed E-state index contributed by atoms with van der Waals surface area (Å²) in [5.41, 5.74) is 1.32. The van der Waals surface area contributed by atoms with Crippen LogP contribution in [-0.2, 0) is 0 Å². The minimum Gasteiger partial charge on any atom is -0.491 e. The molecule has 1 heterocycles. The molecule has 1 aromatic heterocycles. The highest BCUT2D eigenvalue weighted by Gasteiger charge is 2.14. The van der Waals surface area contributed by atoms with E-state index in [1.165, 1.54) is 44.2 Å². The third kappa shape index (κ3) is 5.14. The van der Waals surface area contributed by atoms with E-state index in [1.807, 2.05) is 24.3 Å². The number of nitrogens with one attached hydrogen (secondary N) is 1. The van der Waals surface area contributed by atoms with Crippen LogP contribution in [0.25, 0.3) is 22.2 Å². The van der Waals surface area contributed by atoms with Gasteiger partial charge in [-0.15, -0.1) is 0 Å². The van der Waals surface area contributed by atoms with Crippen LogP contribution >= 0.6 is 0 Å². The Bertz CT molecular complexity index is 920. The molecule has 0 saturated heterocycles. The quantitative estimate of drug-likeness (QED) is 0.583. The summed E-state index contributed by atoms with van der Waals surface area (Å²) in [6.07, 6.45) is 6.05. The summed E-state index contributed by atoms with van der Waals surface area (Å²) in [5.74, 6) is 1.68. The molecule has 1 atom stereocenters. The van der Waals surface area contributed by atoms with Crippen LogP contribution in [0.3, 0.4) is 0 Å². The molecule has 1 saturated carbocycles. The van der Waals surface area contributed by atoms with Crippen molar-refractivity contribution in [2.24, 2.45) is 5.92 Å². The first-order valence-corrected chi connectivity index (χ1v) is 10.4. The summed E-state index contributed by atoms with van der Waals surface area (Å²) in [7, 11) is 0. The number of halogens is 1. The molecule has 2 aromatic carbocycles. The van der Waals surface area contributed by atoms with Gasteiger partial charge in [0.05, 0.1) is 0 Å². The molecule has 2 N–H and O–H groups in total. The fourth-order valence-corrected chi connectivity index (χ4v) is 3.92. The first-order chi connectivity index (χ1) is 14.2. The number of rotatable bonds is 8. The average Bonchev–Trinajstić information content (AvgIpc) is 3.16. The second-order valence-corrected chi connectivity index (χ2v) is 7.82. The second-order valence-electron chi connectivity index (χ2n) is 7.82. The third-order valence-corrected chi connectivity index (χ3v) is 5.54. The van der Waals surface area contributed by atoms with Crippen LogP contribution in [0.5, 0.6) is 5.75 Å². The molecule has 0 unspecified atom stereocenters. The van der Waals surface area contributed by atoms with E-state index < -0.39 is 6.10 Å². The largest absolute Gasteiger partial charge is 0.491 e. The van der Waals surface area contributed by atoms with Gasteiger partial charge in [-0.05, 0) is 61.7 Å². The number of aliphatic hydroxyl groups is 1. The first kappa shape index (κ1) is 19.9. The van der Waals surface area contributed by atoms with E-state index >= 15 is 0 Å². The van der Waals surface area contributed by atoms with Gasteiger partial charge in [0.25, 0.3) is 0 Å². The highest BCUT2D eigenvalue weighted by Crippen LogP contribution is 2.30. The molecule has 1 aliphatic rings. The van der Waals surface area contributed by atoms with Gasteiger partial charge in [0.15, 0.2) is 5.76 Å². The Labute approximate surface area is 169 Å². The van der Waals surface area contributed by atoms with Crippen LogP contribution in [-0.4, -0.2) is 36.1 Å². The first-order valence-electron chi connectivity index (χ1n) is 10.4. The van der Waals surface area contributed by atoms with Gasteiger partial charge < -0.3 is 19.7 Å². The smallest absolute Gasteiger partial charge is 0.174 e. The van der Waals surface area contributed by atoms with Gasteiger partial charge >= 0.3 is 0 Å². The van der Waals surface area contributed by atoms with Crippen LogP contribution in [0.1, 0.15) is 32.1 Å². The molecule has 0 spiro atoms. The van der Waals surface area contributed by atoms with Crippen molar-refractivity contribution in [2.75, 3.05) is 19.7 Å². The van der Waals surface area contributed by atoms with Gasteiger partial charge in [-0.1, -0.05) is 24.4 Å². The number of aromatic nitrogens is 1. The highest BCUT2D eigenvalue weighted by atomic mass is 19.1. The fraction of sp³-hybridized carbons (Fsp3) is 0.435. The zero-order chi connectivity index (χ0) is 20.1. The average molecular weight is 398 g/mol. The molecule has 1 fully saturated rings. The fourth-order valence-electron chi connectivity index (χ4n) is 3.92. The van der Waals surface area contributed by atoms with Crippen molar-refractivity contribution in [2.45, 2.75) is 38.2 Å². The molecule has 0 radical (unpaired) electrons. The standard InChI is InChI=1S/C23H27FN2O3/c24-18-8-11-21-22(12-18)26-29-23(21)17-6-9-20(10-7-17)28-15-19(27)14-25-13-16-4-2-1-3-5-16/h6-12,16,19,25,27H,1-5,13-15H2/t19-/m1/s1. The van der Waals surface area contributed by atoms with Gasteiger partial charge in [0, 0.05) is 23.6 Å². The molecular formula is C23H27FN2O3. The topological polar surface area (TPSA) is 67.5 Å². The Morgan fingerprint density at radius 1 is 1.14 bits per heavy atom. The third-order valence-electron chi connectivity index (χ3n) is 5.54. The number of fused-ring (bicyclic) bond motifs is 1. The Balaban J connectivity index is 1.26. The summed E-state index contributed by atoms with van der Waals surface area (Å²) < 4.78 is 24.4. The molecule has 0 amide bonds. The van der Waals surface area contributed by atoms with E-state index in [4.69, 9.17) is 9.26 Å². The van der Waals surface area contributed by atoms with E-state index in [9.17, 15) is 9.50 Å². The van der Waals surface area contributed by atoms with Crippen molar-refractivity contribution in [3.63, 3.8) is 0 Å². The molecule has 29 heavy (non-hydrogen) atoms. The SMILES string of the molecule is O[C@H](CNCC1CCCCC1)COc1ccc(-c2onc3cc(F)ccc23)cc1. The lowest BCUT2D eigenvalue weighted by Gasteiger charge is -2.22. The van der Waals surface area contributed by atoms with E-state index in [-0.39, 0.29) is 12.4 Å². The molecule has 5 nitrogen and oxygen atoms in total. The maximum absolute atomic E-state index is 13.3. The summed E-state index contributed by atoms with van der Waals surface area (Å²) >= 11 is 0. The zero-order valence-electron chi connectivity index (χ0n) is 16.4. The number of nitrogens with zero attached hydrogens (tertiary/aromatic N) is 1. The van der Waals surface area contributed by atoms with Crippen molar-refractivity contribution < 1.29 is 18.8 Å². The Kier molecular flexibility index (Phi) is 6.42. The van der Waals surface area contributed by atoms with Crippen molar-refractivity contribution in [3.05, 3.63) is 48.3 Å². The van der Waals surface area contributed by atoms with E-state index in [0.29, 0.717) is 23.6 Å². The monoisotopic (exact) mass is 398 g/mol. The minimum absolute atomic E-state index is 0.238.